The first-order chi connectivity index (χ1) is 8.65. The Kier molecular flexibility index (Phi) is 3.86. The number of nitrogens with one attached hydrogen (secondary N) is 1. The first-order valence-corrected chi connectivity index (χ1v) is 5.98. The summed E-state index contributed by atoms with van der Waals surface area (Å²) in [6, 6.07) is 5.24. The highest BCUT2D eigenvalue weighted by molar-refractivity contribution is 6.30. The highest BCUT2D eigenvalue weighted by atomic mass is 35.5. The fourth-order valence-electron chi connectivity index (χ4n) is 1.61. The van der Waals surface area contributed by atoms with E-state index in [0.717, 1.165) is 17.6 Å². The zero-order valence-corrected chi connectivity index (χ0v) is 10.7. The first-order valence-electron chi connectivity index (χ1n) is 5.60. The molecule has 18 heavy (non-hydrogen) atoms. The number of benzene rings is 1. The lowest BCUT2D eigenvalue weighted by Crippen LogP contribution is -2.07. The minimum atomic E-state index is -0.123. The van der Waals surface area contributed by atoms with Gasteiger partial charge in [0.25, 0.3) is 0 Å². The van der Waals surface area contributed by atoms with Gasteiger partial charge in [-0.15, -0.1) is 0 Å². The Morgan fingerprint density at radius 3 is 2.89 bits per heavy atom. The molecule has 1 amide bonds. The van der Waals surface area contributed by atoms with Crippen molar-refractivity contribution in [2.24, 2.45) is 0 Å². The van der Waals surface area contributed by atoms with E-state index in [4.69, 9.17) is 11.6 Å². The fraction of sp³-hybridized carbons (Fsp3) is 0.133. The maximum atomic E-state index is 11.1. The van der Waals surface area contributed by atoms with Crippen molar-refractivity contribution in [3.8, 4) is 11.8 Å². The monoisotopic (exact) mass is 257 g/mol. The molecule has 0 atom stereocenters. The SMILES string of the molecule is CC(=O)Nc1ccc(Cl)cc1C#CC1=CC=CC1. The lowest BCUT2D eigenvalue weighted by Gasteiger charge is -2.05. The first kappa shape index (κ1) is 12.5. The van der Waals surface area contributed by atoms with E-state index in [-0.39, 0.29) is 5.91 Å². The standard InChI is InChI=1S/C15H12ClNO/c1-11(18)17-15-9-8-14(16)10-13(15)7-6-12-4-2-3-5-12/h2-4,8-10H,5H2,1H3,(H,17,18). The van der Waals surface area contributed by atoms with Gasteiger partial charge in [0.1, 0.15) is 0 Å². The van der Waals surface area contributed by atoms with Crippen LogP contribution in [0.1, 0.15) is 18.9 Å². The Morgan fingerprint density at radius 1 is 1.39 bits per heavy atom. The second kappa shape index (κ2) is 5.57. The molecule has 2 nitrogen and oxygen atoms in total. The van der Waals surface area contributed by atoms with E-state index < -0.39 is 0 Å². The van der Waals surface area contributed by atoms with Gasteiger partial charge in [0.05, 0.1) is 5.69 Å². The molecule has 0 saturated heterocycles. The summed E-state index contributed by atoms with van der Waals surface area (Å²) in [7, 11) is 0. The van der Waals surface area contributed by atoms with Crippen LogP contribution in [-0.2, 0) is 4.79 Å². The van der Waals surface area contributed by atoms with Crippen LogP contribution >= 0.6 is 11.6 Å². The minimum Gasteiger partial charge on any atom is -0.325 e. The van der Waals surface area contributed by atoms with Crippen molar-refractivity contribution in [1.29, 1.82) is 0 Å². The molecule has 0 bridgehead atoms. The topological polar surface area (TPSA) is 29.1 Å². The molecule has 1 aliphatic rings. The highest BCUT2D eigenvalue weighted by Gasteiger charge is 2.03. The highest BCUT2D eigenvalue weighted by Crippen LogP contribution is 2.20. The van der Waals surface area contributed by atoms with Crippen molar-refractivity contribution in [2.45, 2.75) is 13.3 Å². The Bertz CT molecular complexity index is 603. The van der Waals surface area contributed by atoms with Gasteiger partial charge >= 0.3 is 0 Å². The van der Waals surface area contributed by atoms with Crippen molar-refractivity contribution < 1.29 is 4.79 Å². The molecule has 2 rings (SSSR count). The summed E-state index contributed by atoms with van der Waals surface area (Å²) >= 11 is 5.94. The molecule has 0 radical (unpaired) electrons. The number of allylic oxidation sites excluding steroid dienone is 4. The molecule has 1 N–H and O–H groups in total. The van der Waals surface area contributed by atoms with E-state index in [1.165, 1.54) is 6.92 Å². The van der Waals surface area contributed by atoms with Gasteiger partial charge in [-0.05, 0) is 24.6 Å². The van der Waals surface area contributed by atoms with Gasteiger partial charge in [0.15, 0.2) is 0 Å². The van der Waals surface area contributed by atoms with Crippen molar-refractivity contribution in [2.75, 3.05) is 5.32 Å². The van der Waals surface area contributed by atoms with Gasteiger partial charge in [-0.25, -0.2) is 0 Å². The van der Waals surface area contributed by atoms with Gasteiger partial charge in [0.2, 0.25) is 5.91 Å². The zero-order valence-electron chi connectivity index (χ0n) is 9.96. The van der Waals surface area contributed by atoms with E-state index >= 15 is 0 Å². The quantitative estimate of drug-likeness (QED) is 0.766. The Hall–Kier alpha value is -1.98. The van der Waals surface area contributed by atoms with Gasteiger partial charge < -0.3 is 5.32 Å². The van der Waals surface area contributed by atoms with Crippen molar-refractivity contribution >= 4 is 23.2 Å². The third-order valence-electron chi connectivity index (χ3n) is 2.42. The van der Waals surface area contributed by atoms with Crippen LogP contribution in [-0.4, -0.2) is 5.91 Å². The smallest absolute Gasteiger partial charge is 0.221 e. The molecule has 1 aliphatic carbocycles. The Balaban J connectivity index is 2.29. The van der Waals surface area contributed by atoms with Crippen LogP contribution < -0.4 is 5.32 Å². The Labute approximate surface area is 111 Å². The van der Waals surface area contributed by atoms with Gasteiger partial charge in [-0.3, -0.25) is 4.79 Å². The van der Waals surface area contributed by atoms with Crippen LogP contribution in [0.3, 0.4) is 0 Å². The number of halogens is 1. The predicted molar refractivity (Wildman–Crippen MR) is 74.5 cm³/mol. The minimum absolute atomic E-state index is 0.123. The molecule has 0 unspecified atom stereocenters. The number of anilines is 1. The second-order valence-electron chi connectivity index (χ2n) is 3.95. The third kappa shape index (κ3) is 3.26. The molecule has 90 valence electrons. The van der Waals surface area contributed by atoms with Crippen molar-refractivity contribution in [3.05, 3.63) is 52.6 Å². The lowest BCUT2D eigenvalue weighted by atomic mass is 10.1. The van der Waals surface area contributed by atoms with Gasteiger partial charge in [-0.2, -0.15) is 0 Å². The maximum Gasteiger partial charge on any atom is 0.221 e. The molecule has 1 aromatic rings. The average Bonchev–Trinajstić information content (AvgIpc) is 2.82. The number of rotatable bonds is 1. The van der Waals surface area contributed by atoms with Crippen LogP contribution in [0, 0.1) is 11.8 Å². The third-order valence-corrected chi connectivity index (χ3v) is 2.66. The molecular formula is C15H12ClNO. The molecule has 0 aromatic heterocycles. The molecule has 0 aliphatic heterocycles. The zero-order chi connectivity index (χ0) is 13.0. The lowest BCUT2D eigenvalue weighted by molar-refractivity contribution is -0.114. The molecule has 3 heteroatoms. The summed E-state index contributed by atoms with van der Waals surface area (Å²) in [5.74, 6) is 6.00. The van der Waals surface area contributed by atoms with E-state index in [2.05, 4.69) is 23.2 Å². The van der Waals surface area contributed by atoms with E-state index in [1.807, 2.05) is 12.2 Å². The van der Waals surface area contributed by atoms with Crippen molar-refractivity contribution in [3.63, 3.8) is 0 Å². The molecule has 0 spiro atoms. The van der Waals surface area contributed by atoms with Crippen LogP contribution in [0.4, 0.5) is 5.69 Å². The number of carbonyl (C=O) groups is 1. The average molecular weight is 258 g/mol. The summed E-state index contributed by atoms with van der Waals surface area (Å²) in [4.78, 5) is 11.1. The number of carbonyl (C=O) groups excluding carboxylic acids is 1. The predicted octanol–water partition coefficient (Wildman–Crippen LogP) is 3.54. The summed E-state index contributed by atoms with van der Waals surface area (Å²) < 4.78 is 0. The van der Waals surface area contributed by atoms with Crippen LogP contribution in [0.15, 0.2) is 42.0 Å². The van der Waals surface area contributed by atoms with Crippen LogP contribution in [0.25, 0.3) is 0 Å². The molecule has 0 saturated carbocycles. The maximum absolute atomic E-state index is 11.1. The second-order valence-corrected chi connectivity index (χ2v) is 4.38. The van der Waals surface area contributed by atoms with Crippen molar-refractivity contribution in [1.82, 2.24) is 0 Å². The summed E-state index contributed by atoms with van der Waals surface area (Å²) in [5, 5.41) is 3.34. The summed E-state index contributed by atoms with van der Waals surface area (Å²) in [6.45, 7) is 1.47. The number of amides is 1. The molecule has 0 fully saturated rings. The normalized spacial score (nSPS) is 12.7. The molecular weight excluding hydrogens is 246 g/mol. The van der Waals surface area contributed by atoms with Gasteiger partial charge in [0, 0.05) is 23.1 Å². The number of hydrogen-bond donors (Lipinski definition) is 1. The summed E-state index contributed by atoms with van der Waals surface area (Å²) in [5.41, 5.74) is 2.47. The van der Waals surface area contributed by atoms with Crippen LogP contribution in [0.2, 0.25) is 5.02 Å². The fourth-order valence-corrected chi connectivity index (χ4v) is 1.78. The van der Waals surface area contributed by atoms with E-state index in [9.17, 15) is 4.79 Å². The largest absolute Gasteiger partial charge is 0.325 e. The van der Waals surface area contributed by atoms with E-state index in [0.29, 0.717) is 10.7 Å². The molecule has 0 heterocycles. The number of hydrogen-bond acceptors (Lipinski definition) is 1. The van der Waals surface area contributed by atoms with Crippen LogP contribution in [0.5, 0.6) is 0 Å². The Morgan fingerprint density at radius 2 is 2.22 bits per heavy atom. The summed E-state index contributed by atoms with van der Waals surface area (Å²) in [6.07, 6.45) is 6.88. The van der Waals surface area contributed by atoms with Gasteiger partial charge in [-0.1, -0.05) is 41.7 Å². The molecule has 1 aromatic carbocycles. The van der Waals surface area contributed by atoms with E-state index in [1.54, 1.807) is 18.2 Å².